The van der Waals surface area contributed by atoms with Crippen LogP contribution in [0.1, 0.15) is 16.8 Å². The zero-order valence-corrected chi connectivity index (χ0v) is 13.6. The van der Waals surface area contributed by atoms with Gasteiger partial charge < -0.3 is 11.1 Å². The third-order valence-electron chi connectivity index (χ3n) is 3.20. The molecular weight excluding hydrogens is 300 g/mol. The first kappa shape index (κ1) is 17.0. The van der Waals surface area contributed by atoms with Crippen molar-refractivity contribution in [2.75, 3.05) is 12.4 Å². The Morgan fingerprint density at radius 1 is 1.29 bits per heavy atom. The molecule has 0 atom stereocenters. The van der Waals surface area contributed by atoms with Crippen molar-refractivity contribution >= 4 is 17.3 Å². The largest absolute Gasteiger partial charge is 0.405 e. The van der Waals surface area contributed by atoms with Crippen LogP contribution in [0.25, 0.3) is 0 Å². The maximum Gasteiger partial charge on any atom is 0.273 e. The Morgan fingerprint density at radius 2 is 2.12 bits per heavy atom. The summed E-state index contributed by atoms with van der Waals surface area (Å²) in [5.41, 5.74) is 8.74. The van der Waals surface area contributed by atoms with E-state index in [0.717, 1.165) is 11.1 Å². The van der Waals surface area contributed by atoms with E-state index in [-0.39, 0.29) is 11.6 Å². The molecule has 0 bridgehead atoms. The number of pyridine rings is 1. The van der Waals surface area contributed by atoms with Gasteiger partial charge in [0.1, 0.15) is 11.4 Å². The van der Waals surface area contributed by atoms with E-state index in [4.69, 9.17) is 5.73 Å². The quantitative estimate of drug-likeness (QED) is 0.673. The molecule has 3 N–H and O–H groups in total. The van der Waals surface area contributed by atoms with Crippen molar-refractivity contribution in [2.24, 2.45) is 10.7 Å². The molecule has 2 rings (SSSR count). The van der Waals surface area contributed by atoms with Crippen LogP contribution in [0.3, 0.4) is 0 Å². The second-order valence-electron chi connectivity index (χ2n) is 4.92. The number of hydrogen-bond acceptors (Lipinski definition) is 4. The van der Waals surface area contributed by atoms with Crippen LogP contribution in [0.5, 0.6) is 0 Å². The molecule has 1 aromatic heterocycles. The lowest BCUT2D eigenvalue weighted by Crippen LogP contribution is -2.22. The van der Waals surface area contributed by atoms with Crippen LogP contribution >= 0.6 is 0 Å². The average molecular weight is 318 g/mol. The molecule has 0 unspecified atom stereocenters. The first-order valence-electron chi connectivity index (χ1n) is 7.34. The first-order valence-corrected chi connectivity index (χ1v) is 7.34. The minimum Gasteiger partial charge on any atom is -0.405 e. The van der Waals surface area contributed by atoms with Crippen LogP contribution in [0.2, 0.25) is 0 Å². The number of benzene rings is 1. The van der Waals surface area contributed by atoms with E-state index in [1.807, 2.05) is 43.3 Å². The summed E-state index contributed by atoms with van der Waals surface area (Å²) < 4.78 is 0. The Morgan fingerprint density at radius 3 is 2.75 bits per heavy atom. The van der Waals surface area contributed by atoms with Crippen molar-refractivity contribution in [3.05, 3.63) is 71.7 Å². The Kier molecular flexibility index (Phi) is 5.87. The van der Waals surface area contributed by atoms with Gasteiger partial charge in [0.25, 0.3) is 5.91 Å². The number of amides is 1. The van der Waals surface area contributed by atoms with E-state index in [9.17, 15) is 4.79 Å². The summed E-state index contributed by atoms with van der Waals surface area (Å²) in [6, 6.07) is 11.2. The van der Waals surface area contributed by atoms with Crippen LogP contribution in [-0.2, 0) is 4.79 Å². The molecule has 2 aromatic rings. The Bertz CT molecular complexity index is 843. The molecular formula is C19H18N4O. The lowest BCUT2D eigenvalue weighted by Gasteiger charge is -2.08. The Labute approximate surface area is 141 Å². The molecule has 1 aromatic carbocycles. The van der Waals surface area contributed by atoms with Crippen LogP contribution in [0.4, 0.5) is 5.69 Å². The van der Waals surface area contributed by atoms with Gasteiger partial charge in [-0.3, -0.25) is 9.79 Å². The lowest BCUT2D eigenvalue weighted by molar-refractivity contribution is -0.110. The molecule has 0 aliphatic carbocycles. The molecule has 0 aliphatic rings. The number of hydrogen-bond donors (Lipinski definition) is 2. The average Bonchev–Trinajstić information content (AvgIpc) is 2.60. The number of carbonyl (C=O) groups excluding carboxylic acids is 1. The summed E-state index contributed by atoms with van der Waals surface area (Å²) in [5, 5.41) is 2.81. The smallest absolute Gasteiger partial charge is 0.273 e. The van der Waals surface area contributed by atoms with Crippen molar-refractivity contribution in [1.29, 1.82) is 0 Å². The van der Waals surface area contributed by atoms with E-state index in [1.54, 1.807) is 6.20 Å². The van der Waals surface area contributed by atoms with Crippen LogP contribution in [-0.4, -0.2) is 23.7 Å². The van der Waals surface area contributed by atoms with Crippen molar-refractivity contribution in [3.8, 4) is 11.8 Å². The predicted molar refractivity (Wildman–Crippen MR) is 96.7 cm³/mol. The predicted octanol–water partition coefficient (Wildman–Crippen LogP) is 2.27. The van der Waals surface area contributed by atoms with Gasteiger partial charge in [-0.05, 0) is 61.0 Å². The van der Waals surface area contributed by atoms with Gasteiger partial charge in [0.15, 0.2) is 0 Å². The molecule has 120 valence electrons. The monoisotopic (exact) mass is 318 g/mol. The summed E-state index contributed by atoms with van der Waals surface area (Å²) in [4.78, 5) is 20.1. The molecule has 1 amide bonds. The minimum absolute atomic E-state index is 0.260. The third-order valence-corrected chi connectivity index (χ3v) is 3.20. The van der Waals surface area contributed by atoms with E-state index in [2.05, 4.69) is 27.1 Å². The number of nitrogens with zero attached hydrogens (tertiary/aromatic N) is 2. The maximum atomic E-state index is 12.1. The van der Waals surface area contributed by atoms with Gasteiger partial charge in [-0.2, -0.15) is 0 Å². The minimum atomic E-state index is -0.311. The van der Waals surface area contributed by atoms with Crippen molar-refractivity contribution in [1.82, 2.24) is 4.98 Å². The van der Waals surface area contributed by atoms with Crippen LogP contribution < -0.4 is 11.1 Å². The number of aromatic nitrogens is 1. The number of carbonyl (C=O) groups is 1. The second-order valence-corrected chi connectivity index (χ2v) is 4.92. The molecule has 0 aliphatic heterocycles. The van der Waals surface area contributed by atoms with Crippen molar-refractivity contribution in [2.45, 2.75) is 6.92 Å². The number of rotatable bonds is 3. The highest BCUT2D eigenvalue weighted by atomic mass is 16.1. The van der Waals surface area contributed by atoms with E-state index < -0.39 is 0 Å². The molecule has 5 nitrogen and oxygen atoms in total. The highest BCUT2D eigenvalue weighted by Gasteiger charge is 2.09. The number of aliphatic imine (C=N–C) groups is 1. The van der Waals surface area contributed by atoms with Gasteiger partial charge >= 0.3 is 0 Å². The van der Waals surface area contributed by atoms with Gasteiger partial charge in [-0.15, -0.1) is 0 Å². The summed E-state index contributed by atoms with van der Waals surface area (Å²) in [6.07, 6.45) is 4.44. The maximum absolute atomic E-state index is 12.1. The van der Waals surface area contributed by atoms with Gasteiger partial charge in [0.2, 0.25) is 0 Å². The zero-order valence-electron chi connectivity index (χ0n) is 13.6. The number of nitrogens with one attached hydrogen (secondary N) is 1. The highest BCUT2D eigenvalue weighted by molar-refractivity contribution is 6.47. The standard InChI is InChI=1S/C19H18N4O/c1-14-13-15(6-8-16-5-3-4-12-22-16)7-9-17(14)23-19(24)18(21-2)10-11-20/h3-5,7,9-13H,20H2,1-2H3,(H,23,24). The fraction of sp³-hybridized carbons (Fsp3) is 0.105. The Hall–Kier alpha value is -3.39. The SMILES string of the molecule is CN=C(C=CN)C(=O)Nc1ccc(C#Cc2ccccn2)cc1C. The molecule has 0 saturated heterocycles. The molecule has 1 heterocycles. The number of aryl methyl sites for hydroxylation is 1. The molecule has 0 spiro atoms. The van der Waals surface area contributed by atoms with E-state index >= 15 is 0 Å². The molecule has 0 radical (unpaired) electrons. The zero-order chi connectivity index (χ0) is 17.4. The van der Waals surface area contributed by atoms with Gasteiger partial charge in [-0.1, -0.05) is 12.0 Å². The third kappa shape index (κ3) is 4.55. The van der Waals surface area contributed by atoms with Gasteiger partial charge in [0, 0.05) is 24.5 Å². The van der Waals surface area contributed by atoms with Crippen LogP contribution in [0.15, 0.2) is 59.9 Å². The van der Waals surface area contributed by atoms with E-state index in [1.165, 1.54) is 19.3 Å². The topological polar surface area (TPSA) is 80.4 Å². The molecule has 5 heteroatoms. The van der Waals surface area contributed by atoms with Crippen LogP contribution in [0, 0.1) is 18.8 Å². The molecule has 24 heavy (non-hydrogen) atoms. The number of anilines is 1. The fourth-order valence-electron chi connectivity index (χ4n) is 1.98. The summed E-state index contributed by atoms with van der Waals surface area (Å²) >= 11 is 0. The summed E-state index contributed by atoms with van der Waals surface area (Å²) in [6.45, 7) is 1.91. The van der Waals surface area contributed by atoms with Crippen molar-refractivity contribution < 1.29 is 4.79 Å². The second kappa shape index (κ2) is 8.30. The summed E-state index contributed by atoms with van der Waals surface area (Å²) in [7, 11) is 1.54. The molecule has 0 fully saturated rings. The first-order chi connectivity index (χ1) is 11.6. The Balaban J connectivity index is 2.16. The summed E-state index contributed by atoms with van der Waals surface area (Å²) in [5.74, 6) is 5.75. The fourth-order valence-corrected chi connectivity index (χ4v) is 1.98. The van der Waals surface area contributed by atoms with Crippen molar-refractivity contribution in [3.63, 3.8) is 0 Å². The van der Waals surface area contributed by atoms with Gasteiger partial charge in [-0.25, -0.2) is 4.98 Å². The van der Waals surface area contributed by atoms with E-state index in [0.29, 0.717) is 11.4 Å². The lowest BCUT2D eigenvalue weighted by atomic mass is 10.1. The molecule has 0 saturated carbocycles. The van der Waals surface area contributed by atoms with Gasteiger partial charge in [0.05, 0.1) is 0 Å². The number of nitrogens with two attached hydrogens (primary N) is 1. The normalized spacial score (nSPS) is 11.0. The highest BCUT2D eigenvalue weighted by Crippen LogP contribution is 2.16.